The first kappa shape index (κ1) is 19.0. The molecule has 0 spiro atoms. The molecule has 1 N–H and O–H groups in total. The van der Waals surface area contributed by atoms with Gasteiger partial charge in [0.2, 0.25) is 0 Å². The van der Waals surface area contributed by atoms with Crippen LogP contribution in [0.5, 0.6) is 0 Å². The second-order valence-corrected chi connectivity index (χ2v) is 7.54. The third-order valence-corrected chi connectivity index (χ3v) is 5.44. The maximum atomic E-state index is 14.1. The Kier molecular flexibility index (Phi) is 6.38. The van der Waals surface area contributed by atoms with Crippen molar-refractivity contribution in [1.29, 1.82) is 0 Å². The molecule has 26 heavy (non-hydrogen) atoms. The first-order valence-electron chi connectivity index (χ1n) is 9.41. The average molecular weight is 359 g/mol. The lowest BCUT2D eigenvalue weighted by molar-refractivity contribution is 0.0314. The van der Waals surface area contributed by atoms with Crippen LogP contribution in [0.25, 0.3) is 0 Å². The van der Waals surface area contributed by atoms with E-state index >= 15 is 0 Å². The fourth-order valence-corrected chi connectivity index (χ4v) is 4.05. The van der Waals surface area contributed by atoms with E-state index in [1.54, 1.807) is 0 Å². The molecule has 0 aromatic heterocycles. The zero-order chi connectivity index (χ0) is 18.4. The van der Waals surface area contributed by atoms with Gasteiger partial charge in [0.05, 0.1) is 6.61 Å². The molecule has 4 heteroatoms. The van der Waals surface area contributed by atoms with Crippen molar-refractivity contribution < 1.29 is 13.9 Å². The van der Waals surface area contributed by atoms with Crippen LogP contribution in [0.2, 0.25) is 0 Å². The van der Waals surface area contributed by atoms with Gasteiger partial charge in [0, 0.05) is 18.0 Å². The molecule has 1 heterocycles. The van der Waals surface area contributed by atoms with Crippen LogP contribution < -0.4 is 0 Å². The number of aryl methyl sites for hydroxylation is 1. The highest BCUT2D eigenvalue weighted by Crippen LogP contribution is 2.34. The van der Waals surface area contributed by atoms with E-state index in [1.165, 1.54) is 17.7 Å². The first-order chi connectivity index (χ1) is 12.6. The lowest BCUT2D eigenvalue weighted by Crippen LogP contribution is -2.47. The van der Waals surface area contributed by atoms with Crippen molar-refractivity contribution in [2.45, 2.75) is 32.1 Å². The number of halogens is 2. The van der Waals surface area contributed by atoms with Crippen LogP contribution in [0.3, 0.4) is 0 Å². The van der Waals surface area contributed by atoms with E-state index < -0.39 is 11.6 Å². The molecule has 140 valence electrons. The molecule has 1 aliphatic heterocycles. The second-order valence-electron chi connectivity index (χ2n) is 7.54. The maximum absolute atomic E-state index is 14.1. The van der Waals surface area contributed by atoms with Gasteiger partial charge in [-0.2, -0.15) is 0 Å². The third-order valence-electron chi connectivity index (χ3n) is 5.44. The summed E-state index contributed by atoms with van der Waals surface area (Å²) in [5.74, 6) is -1.07. The van der Waals surface area contributed by atoms with Crippen molar-refractivity contribution in [1.82, 2.24) is 4.90 Å². The van der Waals surface area contributed by atoms with E-state index in [4.69, 9.17) is 0 Å². The van der Waals surface area contributed by atoms with E-state index in [0.717, 1.165) is 51.4 Å². The lowest BCUT2D eigenvalue weighted by atomic mass is 9.75. The standard InChI is InChI=1S/C22H27F2NO/c23-20-10-9-19(21(24)14-20)15-22(17-26)11-5-13-25(16-22)12-4-8-18-6-2-1-3-7-18/h1-3,6-7,9-10,14,26H,4-5,8,11-13,15-17H2/t22-/m1/s1. The topological polar surface area (TPSA) is 23.5 Å². The van der Waals surface area contributed by atoms with Gasteiger partial charge in [0.25, 0.3) is 0 Å². The predicted molar refractivity (Wildman–Crippen MR) is 100 cm³/mol. The van der Waals surface area contributed by atoms with Gasteiger partial charge in [0.15, 0.2) is 0 Å². The molecular weight excluding hydrogens is 332 g/mol. The molecule has 3 rings (SSSR count). The zero-order valence-electron chi connectivity index (χ0n) is 15.1. The number of aliphatic hydroxyl groups excluding tert-OH is 1. The van der Waals surface area contributed by atoms with Crippen LogP contribution in [-0.4, -0.2) is 36.2 Å². The van der Waals surface area contributed by atoms with E-state index in [9.17, 15) is 13.9 Å². The summed E-state index contributed by atoms with van der Waals surface area (Å²) in [6.07, 6.45) is 4.42. The minimum absolute atomic E-state index is 0.0268. The number of rotatable bonds is 7. The molecule has 0 radical (unpaired) electrons. The Bertz CT molecular complexity index is 707. The number of nitrogens with zero attached hydrogens (tertiary/aromatic N) is 1. The number of aliphatic hydroxyl groups is 1. The van der Waals surface area contributed by atoms with Crippen molar-refractivity contribution >= 4 is 0 Å². The normalized spacial score (nSPS) is 21.0. The Morgan fingerprint density at radius 2 is 1.88 bits per heavy atom. The summed E-state index contributed by atoms with van der Waals surface area (Å²) >= 11 is 0. The Morgan fingerprint density at radius 1 is 1.08 bits per heavy atom. The quantitative estimate of drug-likeness (QED) is 0.800. The van der Waals surface area contributed by atoms with Crippen molar-refractivity contribution in [2.24, 2.45) is 5.41 Å². The summed E-state index contributed by atoms with van der Waals surface area (Å²) in [5, 5.41) is 10.0. The number of hydrogen-bond donors (Lipinski definition) is 1. The zero-order valence-corrected chi connectivity index (χ0v) is 15.1. The van der Waals surface area contributed by atoms with E-state index in [1.807, 2.05) is 6.07 Å². The predicted octanol–water partition coefficient (Wildman–Crippen LogP) is 4.21. The van der Waals surface area contributed by atoms with Gasteiger partial charge in [-0.25, -0.2) is 8.78 Å². The maximum Gasteiger partial charge on any atom is 0.129 e. The molecule has 1 saturated heterocycles. The highest BCUT2D eigenvalue weighted by Gasteiger charge is 2.35. The Morgan fingerprint density at radius 3 is 2.62 bits per heavy atom. The summed E-state index contributed by atoms with van der Waals surface area (Å²) in [6, 6.07) is 14.2. The number of likely N-dealkylation sites (tertiary alicyclic amines) is 1. The van der Waals surface area contributed by atoms with Gasteiger partial charge in [0.1, 0.15) is 11.6 Å². The minimum atomic E-state index is -0.560. The average Bonchev–Trinajstić information content (AvgIpc) is 2.65. The van der Waals surface area contributed by atoms with Crippen LogP contribution >= 0.6 is 0 Å². The van der Waals surface area contributed by atoms with Crippen LogP contribution in [-0.2, 0) is 12.8 Å². The highest BCUT2D eigenvalue weighted by molar-refractivity contribution is 5.20. The van der Waals surface area contributed by atoms with Crippen LogP contribution in [0.15, 0.2) is 48.5 Å². The molecule has 2 nitrogen and oxygen atoms in total. The Labute approximate surface area is 154 Å². The van der Waals surface area contributed by atoms with Crippen LogP contribution in [0.4, 0.5) is 8.78 Å². The molecule has 0 bridgehead atoms. The Hall–Kier alpha value is -1.78. The van der Waals surface area contributed by atoms with Crippen LogP contribution in [0, 0.1) is 17.0 Å². The van der Waals surface area contributed by atoms with Gasteiger partial charge in [-0.3, -0.25) is 0 Å². The van der Waals surface area contributed by atoms with Crippen molar-refractivity contribution in [3.8, 4) is 0 Å². The monoisotopic (exact) mass is 359 g/mol. The molecule has 2 aromatic carbocycles. The molecule has 0 amide bonds. The molecule has 1 atom stereocenters. The fourth-order valence-electron chi connectivity index (χ4n) is 4.05. The molecule has 0 unspecified atom stereocenters. The van der Waals surface area contributed by atoms with Crippen LogP contribution in [0.1, 0.15) is 30.4 Å². The number of benzene rings is 2. The largest absolute Gasteiger partial charge is 0.396 e. The first-order valence-corrected chi connectivity index (χ1v) is 9.41. The summed E-state index contributed by atoms with van der Waals surface area (Å²) in [7, 11) is 0. The second kappa shape index (κ2) is 8.74. The van der Waals surface area contributed by atoms with Gasteiger partial charge < -0.3 is 10.0 Å². The van der Waals surface area contributed by atoms with E-state index in [-0.39, 0.29) is 12.0 Å². The lowest BCUT2D eigenvalue weighted by Gasteiger charge is -2.42. The summed E-state index contributed by atoms with van der Waals surface area (Å²) in [6.45, 7) is 2.78. The smallest absolute Gasteiger partial charge is 0.129 e. The van der Waals surface area contributed by atoms with Gasteiger partial charge >= 0.3 is 0 Å². The number of hydrogen-bond acceptors (Lipinski definition) is 2. The van der Waals surface area contributed by atoms with Crippen molar-refractivity contribution in [2.75, 3.05) is 26.2 Å². The molecule has 2 aromatic rings. The summed E-state index contributed by atoms with van der Waals surface area (Å²) in [5.41, 5.74) is 1.49. The highest BCUT2D eigenvalue weighted by atomic mass is 19.1. The van der Waals surface area contributed by atoms with Gasteiger partial charge in [-0.05, 0) is 62.4 Å². The molecule has 0 saturated carbocycles. The molecule has 0 aliphatic carbocycles. The van der Waals surface area contributed by atoms with Gasteiger partial charge in [-0.1, -0.05) is 36.4 Å². The van der Waals surface area contributed by atoms with E-state index in [0.29, 0.717) is 12.0 Å². The van der Waals surface area contributed by atoms with Crippen molar-refractivity contribution in [3.63, 3.8) is 0 Å². The number of piperidine rings is 1. The van der Waals surface area contributed by atoms with Gasteiger partial charge in [-0.15, -0.1) is 0 Å². The Balaban J connectivity index is 1.59. The molecule has 1 aliphatic rings. The molecule has 1 fully saturated rings. The molecular formula is C22H27F2NO. The van der Waals surface area contributed by atoms with Crippen molar-refractivity contribution in [3.05, 3.63) is 71.3 Å². The fraction of sp³-hybridized carbons (Fsp3) is 0.455. The summed E-state index contributed by atoms with van der Waals surface area (Å²) in [4.78, 5) is 2.38. The SMILES string of the molecule is OC[C@@]1(Cc2ccc(F)cc2F)CCCN(CCCc2ccccc2)C1. The minimum Gasteiger partial charge on any atom is -0.396 e. The third kappa shape index (κ3) is 4.89. The van der Waals surface area contributed by atoms with E-state index in [2.05, 4.69) is 29.2 Å². The summed E-state index contributed by atoms with van der Waals surface area (Å²) < 4.78 is 27.2.